The Hall–Kier alpha value is -2.04. The SMILES string of the molecule is COc1cccc(Cn2c(Br)nc3c2c(=O)n(C)c(=O)n3COCCS(C)(C)C)c1. The van der Waals surface area contributed by atoms with E-state index in [1.165, 1.54) is 11.6 Å². The molecule has 8 nitrogen and oxygen atoms in total. The minimum Gasteiger partial charge on any atom is -0.497 e. The van der Waals surface area contributed by atoms with Crippen LogP contribution in [0.3, 0.4) is 0 Å². The van der Waals surface area contributed by atoms with Gasteiger partial charge in [0.15, 0.2) is 15.9 Å². The molecule has 0 N–H and O–H groups in total. The Balaban J connectivity index is 2.02. The first-order valence-electron chi connectivity index (χ1n) is 9.34. The molecule has 0 saturated heterocycles. The van der Waals surface area contributed by atoms with E-state index in [4.69, 9.17) is 9.47 Å². The molecule has 3 aromatic rings. The van der Waals surface area contributed by atoms with Crippen LogP contribution in [0.5, 0.6) is 5.75 Å². The van der Waals surface area contributed by atoms with Crippen LogP contribution in [0.2, 0.25) is 0 Å². The van der Waals surface area contributed by atoms with Crippen LogP contribution in [0.15, 0.2) is 38.6 Å². The second-order valence-corrected chi connectivity index (χ2v) is 13.2. The zero-order valence-electron chi connectivity index (χ0n) is 17.8. The topological polar surface area (TPSA) is 80.3 Å². The maximum Gasteiger partial charge on any atom is 0.334 e. The second kappa shape index (κ2) is 8.99. The van der Waals surface area contributed by atoms with Crippen molar-refractivity contribution in [3.8, 4) is 5.75 Å². The van der Waals surface area contributed by atoms with Gasteiger partial charge in [-0.25, -0.2) is 19.8 Å². The molecule has 0 bridgehead atoms. The number of benzene rings is 1. The Bertz CT molecular complexity index is 1180. The van der Waals surface area contributed by atoms with Gasteiger partial charge in [0.1, 0.15) is 12.5 Å². The van der Waals surface area contributed by atoms with Crippen molar-refractivity contribution < 1.29 is 9.47 Å². The molecule has 0 atom stereocenters. The Labute approximate surface area is 184 Å². The number of fused-ring (bicyclic) bond motifs is 1. The summed E-state index contributed by atoms with van der Waals surface area (Å²) < 4.78 is 15.8. The molecule has 0 amide bonds. The number of imidazole rings is 1. The summed E-state index contributed by atoms with van der Waals surface area (Å²) in [4.78, 5) is 30.1. The molecule has 3 rings (SSSR count). The molecule has 2 heterocycles. The molecule has 0 spiro atoms. The Morgan fingerprint density at radius 3 is 2.57 bits per heavy atom. The normalized spacial score (nSPS) is 12.5. The molecule has 0 radical (unpaired) electrons. The summed E-state index contributed by atoms with van der Waals surface area (Å²) in [6.45, 7) is 0.985. The first-order chi connectivity index (χ1) is 14.1. The van der Waals surface area contributed by atoms with Crippen molar-refractivity contribution in [1.82, 2.24) is 18.7 Å². The van der Waals surface area contributed by atoms with Crippen molar-refractivity contribution in [2.45, 2.75) is 13.3 Å². The highest BCUT2D eigenvalue weighted by Gasteiger charge is 2.20. The molecular formula is C20H27BrN4O4S. The van der Waals surface area contributed by atoms with Crippen LogP contribution in [0, 0.1) is 0 Å². The summed E-state index contributed by atoms with van der Waals surface area (Å²) in [5.74, 6) is 1.66. The van der Waals surface area contributed by atoms with Crippen molar-refractivity contribution >= 4 is 37.1 Å². The predicted octanol–water partition coefficient (Wildman–Crippen LogP) is 2.38. The minimum absolute atomic E-state index is 0.0432. The van der Waals surface area contributed by atoms with E-state index in [1.807, 2.05) is 24.3 Å². The monoisotopic (exact) mass is 498 g/mol. The lowest BCUT2D eigenvalue weighted by Crippen LogP contribution is -2.39. The van der Waals surface area contributed by atoms with Gasteiger partial charge in [0, 0.05) is 12.8 Å². The Morgan fingerprint density at radius 2 is 1.90 bits per heavy atom. The third-order valence-corrected chi connectivity index (χ3v) is 6.72. The molecule has 1 aromatic carbocycles. The van der Waals surface area contributed by atoms with E-state index in [-0.39, 0.29) is 6.73 Å². The van der Waals surface area contributed by atoms with Gasteiger partial charge in [0.25, 0.3) is 5.56 Å². The quantitative estimate of drug-likeness (QED) is 0.351. The van der Waals surface area contributed by atoms with Crippen LogP contribution in [-0.4, -0.2) is 56.9 Å². The fraction of sp³-hybridized carbons (Fsp3) is 0.450. The van der Waals surface area contributed by atoms with Gasteiger partial charge >= 0.3 is 5.69 Å². The van der Waals surface area contributed by atoms with E-state index in [2.05, 4.69) is 39.7 Å². The standard InChI is InChI=1S/C20H27BrN4O4S/c1-23-18(26)16-17(25(20(23)27)13-29-9-10-30(3,4)5)22-19(21)24(16)12-14-7-6-8-15(11-14)28-2/h6-8,11H,9-10,12-13H2,1-5H3. The molecule has 0 aliphatic heterocycles. The summed E-state index contributed by atoms with van der Waals surface area (Å²) >= 11 is 3.45. The van der Waals surface area contributed by atoms with Crippen molar-refractivity contribution in [3.63, 3.8) is 0 Å². The van der Waals surface area contributed by atoms with Gasteiger partial charge in [0.05, 0.1) is 20.3 Å². The predicted molar refractivity (Wildman–Crippen MR) is 125 cm³/mol. The Kier molecular flexibility index (Phi) is 6.78. The number of rotatable bonds is 8. The van der Waals surface area contributed by atoms with Crippen molar-refractivity contribution in [2.24, 2.45) is 7.05 Å². The zero-order chi connectivity index (χ0) is 22.1. The summed E-state index contributed by atoms with van der Waals surface area (Å²) in [5.41, 5.74) is 0.747. The van der Waals surface area contributed by atoms with Crippen molar-refractivity contribution in [1.29, 1.82) is 0 Å². The lowest BCUT2D eigenvalue weighted by atomic mass is 10.2. The fourth-order valence-corrected chi connectivity index (χ4v) is 4.10. The van der Waals surface area contributed by atoms with Crippen LogP contribution in [-0.2, 0) is 25.1 Å². The molecule has 0 saturated carbocycles. The largest absolute Gasteiger partial charge is 0.497 e. The van der Waals surface area contributed by atoms with Crippen LogP contribution in [0.25, 0.3) is 11.2 Å². The van der Waals surface area contributed by atoms with Crippen LogP contribution >= 0.6 is 26.0 Å². The van der Waals surface area contributed by atoms with Gasteiger partial charge in [-0.3, -0.25) is 13.9 Å². The van der Waals surface area contributed by atoms with Gasteiger partial charge in [-0.05, 0) is 52.4 Å². The highest BCUT2D eigenvalue weighted by molar-refractivity contribution is 9.10. The summed E-state index contributed by atoms with van der Waals surface area (Å²) in [7, 11) is 2.38. The zero-order valence-corrected chi connectivity index (χ0v) is 20.2. The maximum atomic E-state index is 12.9. The molecule has 30 heavy (non-hydrogen) atoms. The van der Waals surface area contributed by atoms with Crippen molar-refractivity contribution in [2.75, 3.05) is 38.2 Å². The van der Waals surface area contributed by atoms with Gasteiger partial charge in [-0.1, -0.05) is 12.1 Å². The van der Waals surface area contributed by atoms with Crippen LogP contribution in [0.4, 0.5) is 0 Å². The number of halogens is 1. The van der Waals surface area contributed by atoms with E-state index in [0.717, 1.165) is 21.6 Å². The van der Waals surface area contributed by atoms with E-state index in [1.54, 1.807) is 11.7 Å². The molecule has 0 unspecified atom stereocenters. The average Bonchev–Trinajstić information content (AvgIpc) is 3.01. The molecule has 164 valence electrons. The van der Waals surface area contributed by atoms with Gasteiger partial charge in [0.2, 0.25) is 0 Å². The molecule has 2 aromatic heterocycles. The van der Waals surface area contributed by atoms with Gasteiger partial charge in [-0.15, -0.1) is 0 Å². The van der Waals surface area contributed by atoms with E-state index in [0.29, 0.717) is 29.0 Å². The smallest absolute Gasteiger partial charge is 0.334 e. The third-order valence-electron chi connectivity index (χ3n) is 4.72. The lowest BCUT2D eigenvalue weighted by Gasteiger charge is -2.24. The number of hydrogen-bond donors (Lipinski definition) is 0. The van der Waals surface area contributed by atoms with Gasteiger partial charge < -0.3 is 14.0 Å². The number of ether oxygens (including phenoxy) is 2. The average molecular weight is 499 g/mol. The summed E-state index contributed by atoms with van der Waals surface area (Å²) in [5, 5.41) is 0. The molecular weight excluding hydrogens is 472 g/mol. The molecule has 0 aliphatic rings. The first-order valence-corrected chi connectivity index (χ1v) is 13.2. The highest BCUT2D eigenvalue weighted by atomic mass is 79.9. The number of methoxy groups -OCH3 is 1. The van der Waals surface area contributed by atoms with Crippen LogP contribution in [0.1, 0.15) is 5.56 Å². The lowest BCUT2D eigenvalue weighted by molar-refractivity contribution is 0.0881. The van der Waals surface area contributed by atoms with Crippen LogP contribution < -0.4 is 16.0 Å². The van der Waals surface area contributed by atoms with E-state index < -0.39 is 21.3 Å². The number of aromatic nitrogens is 4. The maximum absolute atomic E-state index is 12.9. The third kappa shape index (κ3) is 4.81. The first kappa shape index (κ1) is 22.6. The highest BCUT2D eigenvalue weighted by Crippen LogP contribution is 2.33. The van der Waals surface area contributed by atoms with Gasteiger partial charge in [-0.2, -0.15) is 0 Å². The van der Waals surface area contributed by atoms with Crippen molar-refractivity contribution in [3.05, 3.63) is 55.4 Å². The number of hydrogen-bond acceptors (Lipinski definition) is 5. The second-order valence-electron chi connectivity index (χ2n) is 7.90. The summed E-state index contributed by atoms with van der Waals surface area (Å²) in [6, 6.07) is 7.59. The molecule has 0 fully saturated rings. The minimum atomic E-state index is -0.694. The fourth-order valence-electron chi connectivity index (χ4n) is 3.01. The molecule has 0 aliphatic carbocycles. The number of nitrogens with zero attached hydrogens (tertiary/aromatic N) is 4. The van der Waals surface area contributed by atoms with E-state index >= 15 is 0 Å². The van der Waals surface area contributed by atoms with E-state index in [9.17, 15) is 9.59 Å². The Morgan fingerprint density at radius 1 is 1.17 bits per heavy atom. The summed E-state index contributed by atoms with van der Waals surface area (Å²) in [6.07, 6.45) is 6.64. The molecule has 10 heteroatoms.